The summed E-state index contributed by atoms with van der Waals surface area (Å²) in [5.41, 5.74) is 0.858. The van der Waals surface area contributed by atoms with Gasteiger partial charge in [-0.2, -0.15) is 10.2 Å². The summed E-state index contributed by atoms with van der Waals surface area (Å²) in [6, 6.07) is 6.68. The molecule has 7 heteroatoms. The van der Waals surface area contributed by atoms with E-state index < -0.39 is 17.9 Å². The molecule has 0 unspecified atom stereocenters. The number of hydrogen-bond donors (Lipinski definition) is 0. The van der Waals surface area contributed by atoms with Gasteiger partial charge >= 0.3 is 6.36 Å². The van der Waals surface area contributed by atoms with Crippen LogP contribution in [0, 0.1) is 13.8 Å². The molecule has 110 valence electrons. The van der Waals surface area contributed by atoms with Crippen molar-refractivity contribution in [3.8, 4) is 5.75 Å². The van der Waals surface area contributed by atoms with Crippen LogP contribution in [0.15, 0.2) is 30.3 Å². The first-order valence-electron chi connectivity index (χ1n) is 5.98. The van der Waals surface area contributed by atoms with Gasteiger partial charge < -0.3 is 4.74 Å². The van der Waals surface area contributed by atoms with Gasteiger partial charge in [0.1, 0.15) is 5.75 Å². The van der Waals surface area contributed by atoms with Crippen LogP contribution < -0.4 is 4.74 Å². The summed E-state index contributed by atoms with van der Waals surface area (Å²) in [6.45, 7) is 3.20. The molecule has 0 saturated heterocycles. The van der Waals surface area contributed by atoms with Crippen LogP contribution in [0.2, 0.25) is 0 Å². The normalized spacial score (nSPS) is 11.3. The van der Waals surface area contributed by atoms with Gasteiger partial charge in [0.2, 0.25) is 0 Å². The summed E-state index contributed by atoms with van der Waals surface area (Å²) < 4.78 is 41.0. The van der Waals surface area contributed by atoms with Gasteiger partial charge in [0.15, 0.2) is 5.78 Å². The van der Waals surface area contributed by atoms with Crippen molar-refractivity contribution in [2.45, 2.75) is 20.2 Å². The lowest BCUT2D eigenvalue weighted by Gasteiger charge is -2.13. The van der Waals surface area contributed by atoms with E-state index in [1.807, 2.05) is 0 Å². The Bertz CT molecular complexity index is 684. The molecule has 1 aromatic carbocycles. The van der Waals surface area contributed by atoms with Crippen LogP contribution in [0.25, 0.3) is 0 Å². The maximum atomic E-state index is 12.4. The van der Waals surface area contributed by atoms with E-state index in [9.17, 15) is 18.0 Å². The van der Waals surface area contributed by atoms with Crippen molar-refractivity contribution in [2.75, 3.05) is 0 Å². The van der Waals surface area contributed by atoms with Crippen LogP contribution in [0.3, 0.4) is 0 Å². The van der Waals surface area contributed by atoms with E-state index in [0.29, 0.717) is 11.4 Å². The minimum atomic E-state index is -4.86. The lowest BCUT2D eigenvalue weighted by Crippen LogP contribution is -2.19. The number of benzene rings is 1. The van der Waals surface area contributed by atoms with Crippen molar-refractivity contribution in [2.24, 2.45) is 0 Å². The van der Waals surface area contributed by atoms with E-state index in [4.69, 9.17) is 0 Å². The van der Waals surface area contributed by atoms with E-state index in [1.165, 1.54) is 24.3 Å². The molecule has 0 aliphatic rings. The Kier molecular flexibility index (Phi) is 3.93. The Morgan fingerprint density at radius 3 is 2.43 bits per heavy atom. The molecule has 0 atom stereocenters. The molecule has 0 aliphatic carbocycles. The molecule has 4 nitrogen and oxygen atoms in total. The Balaban J connectivity index is 2.46. The Labute approximate surface area is 118 Å². The number of alkyl halides is 3. The number of carbonyl (C=O) groups excluding carboxylic acids is 1. The largest absolute Gasteiger partial charge is 0.573 e. The van der Waals surface area contributed by atoms with Gasteiger partial charge in [-0.3, -0.25) is 4.79 Å². The quantitative estimate of drug-likeness (QED) is 0.816. The summed E-state index contributed by atoms with van der Waals surface area (Å²) in [4.78, 5) is 12.4. The van der Waals surface area contributed by atoms with E-state index in [1.54, 1.807) is 13.8 Å². The molecule has 0 N–H and O–H groups in total. The molecule has 0 amide bonds. The average molecular weight is 296 g/mol. The van der Waals surface area contributed by atoms with Crippen LogP contribution in [-0.2, 0) is 0 Å². The zero-order valence-electron chi connectivity index (χ0n) is 11.2. The number of carbonyl (C=O) groups is 1. The molecule has 0 radical (unpaired) electrons. The maximum Gasteiger partial charge on any atom is 0.573 e. The number of rotatable bonds is 3. The first kappa shape index (κ1) is 15.0. The predicted octanol–water partition coefficient (Wildman–Crippen LogP) is 3.22. The number of aromatic nitrogens is 2. The van der Waals surface area contributed by atoms with Gasteiger partial charge in [0.05, 0.1) is 17.0 Å². The number of nitrogens with zero attached hydrogens (tertiary/aromatic N) is 2. The van der Waals surface area contributed by atoms with E-state index in [-0.39, 0.29) is 11.1 Å². The second kappa shape index (κ2) is 5.51. The Morgan fingerprint density at radius 1 is 1.10 bits per heavy atom. The fraction of sp³-hybridized carbons (Fsp3) is 0.214. The van der Waals surface area contributed by atoms with E-state index >= 15 is 0 Å². The van der Waals surface area contributed by atoms with Gasteiger partial charge in [0, 0.05) is 5.56 Å². The molecule has 1 heterocycles. The molecule has 0 fully saturated rings. The fourth-order valence-electron chi connectivity index (χ4n) is 1.79. The van der Waals surface area contributed by atoms with Crippen molar-refractivity contribution in [3.63, 3.8) is 0 Å². The van der Waals surface area contributed by atoms with Gasteiger partial charge in [-0.15, -0.1) is 13.2 Å². The van der Waals surface area contributed by atoms with Gasteiger partial charge in [-0.05, 0) is 32.0 Å². The van der Waals surface area contributed by atoms with Crippen molar-refractivity contribution < 1.29 is 22.7 Å². The second-order valence-corrected chi connectivity index (χ2v) is 4.36. The topological polar surface area (TPSA) is 52.1 Å². The maximum absolute atomic E-state index is 12.4. The SMILES string of the molecule is Cc1cc(C(=O)c2ccccc2OC(F)(F)F)c(C)nn1. The van der Waals surface area contributed by atoms with Crippen LogP contribution >= 0.6 is 0 Å². The summed E-state index contributed by atoms with van der Waals surface area (Å²) in [5, 5.41) is 7.58. The molecule has 0 bridgehead atoms. The van der Waals surface area contributed by atoms with Crippen molar-refractivity contribution in [1.82, 2.24) is 10.2 Å². The standard InChI is InChI=1S/C14H11F3N2O2/c1-8-7-11(9(2)19-18-8)13(20)10-5-3-4-6-12(10)21-14(15,16)17/h3-7H,1-2H3. The Hall–Kier alpha value is -2.44. The smallest absolute Gasteiger partial charge is 0.405 e. The number of hydrogen-bond acceptors (Lipinski definition) is 4. The molecular formula is C14H11F3N2O2. The molecule has 1 aromatic heterocycles. The van der Waals surface area contributed by atoms with E-state index in [2.05, 4.69) is 14.9 Å². The third-order valence-electron chi connectivity index (χ3n) is 2.70. The van der Waals surface area contributed by atoms with Crippen molar-refractivity contribution >= 4 is 5.78 Å². The molecule has 2 rings (SSSR count). The van der Waals surface area contributed by atoms with Crippen LogP contribution in [0.1, 0.15) is 27.3 Å². The number of ether oxygens (including phenoxy) is 1. The minimum absolute atomic E-state index is 0.176. The highest BCUT2D eigenvalue weighted by molar-refractivity contribution is 6.11. The van der Waals surface area contributed by atoms with Gasteiger partial charge in [-0.25, -0.2) is 0 Å². The minimum Gasteiger partial charge on any atom is -0.405 e. The predicted molar refractivity (Wildman–Crippen MR) is 68.1 cm³/mol. The zero-order chi connectivity index (χ0) is 15.6. The summed E-state index contributed by atoms with van der Waals surface area (Å²) in [5.74, 6) is -1.13. The van der Waals surface area contributed by atoms with Crippen LogP contribution in [-0.4, -0.2) is 22.3 Å². The average Bonchev–Trinajstić information content (AvgIpc) is 2.39. The molecule has 21 heavy (non-hydrogen) atoms. The highest BCUT2D eigenvalue weighted by Gasteiger charge is 2.33. The summed E-state index contributed by atoms with van der Waals surface area (Å²) >= 11 is 0. The van der Waals surface area contributed by atoms with Crippen LogP contribution in [0.4, 0.5) is 13.2 Å². The zero-order valence-corrected chi connectivity index (χ0v) is 11.2. The van der Waals surface area contributed by atoms with Crippen molar-refractivity contribution in [3.05, 3.63) is 52.8 Å². The monoisotopic (exact) mass is 296 g/mol. The number of ketones is 1. The lowest BCUT2D eigenvalue weighted by molar-refractivity contribution is -0.274. The third-order valence-corrected chi connectivity index (χ3v) is 2.70. The molecule has 0 saturated carbocycles. The van der Waals surface area contributed by atoms with Gasteiger partial charge in [-0.1, -0.05) is 12.1 Å². The molecular weight excluding hydrogens is 285 g/mol. The third kappa shape index (κ3) is 3.56. The number of halogens is 3. The molecule has 0 spiro atoms. The van der Waals surface area contributed by atoms with E-state index in [0.717, 1.165) is 6.07 Å². The fourth-order valence-corrected chi connectivity index (χ4v) is 1.79. The highest BCUT2D eigenvalue weighted by Crippen LogP contribution is 2.28. The number of para-hydroxylation sites is 1. The molecule has 0 aliphatic heterocycles. The van der Waals surface area contributed by atoms with Gasteiger partial charge in [0.25, 0.3) is 0 Å². The molecule has 2 aromatic rings. The highest BCUT2D eigenvalue weighted by atomic mass is 19.4. The second-order valence-electron chi connectivity index (χ2n) is 4.36. The summed E-state index contributed by atoms with van der Waals surface area (Å²) in [7, 11) is 0. The summed E-state index contributed by atoms with van der Waals surface area (Å²) in [6.07, 6.45) is -4.86. The Morgan fingerprint density at radius 2 is 1.76 bits per heavy atom. The first-order chi connectivity index (χ1) is 9.78. The number of aryl methyl sites for hydroxylation is 2. The van der Waals surface area contributed by atoms with Crippen LogP contribution in [0.5, 0.6) is 5.75 Å². The first-order valence-corrected chi connectivity index (χ1v) is 5.98. The van der Waals surface area contributed by atoms with Crippen molar-refractivity contribution in [1.29, 1.82) is 0 Å². The lowest BCUT2D eigenvalue weighted by atomic mass is 10.0.